The third-order valence-corrected chi connectivity index (χ3v) is 4.52. The van der Waals surface area contributed by atoms with E-state index in [9.17, 15) is 28.0 Å². The van der Waals surface area contributed by atoms with Crippen molar-refractivity contribution in [3.8, 4) is 0 Å². The number of halogens is 2. The number of Topliss-reactive ketones (excluding diaryl/α,β-unsaturated/α-hetero) is 1. The van der Waals surface area contributed by atoms with E-state index in [0.717, 1.165) is 12.1 Å². The molecule has 0 bridgehead atoms. The number of carbonyl (C=O) groups is 4. The molecule has 3 rings (SSSR count). The number of hydrogen-bond donors (Lipinski definition) is 2. The van der Waals surface area contributed by atoms with Gasteiger partial charge in [-0.2, -0.15) is 0 Å². The number of nitrogens with one attached hydrogen (secondary N) is 1. The highest BCUT2D eigenvalue weighted by atomic mass is 19.1. The topological polar surface area (TPSA) is 104 Å². The van der Waals surface area contributed by atoms with Crippen LogP contribution in [0.5, 0.6) is 0 Å². The van der Waals surface area contributed by atoms with Crippen LogP contribution in [0.2, 0.25) is 0 Å². The molecule has 2 aromatic rings. The molecule has 2 aromatic carbocycles. The second kappa shape index (κ2) is 6.84. The van der Waals surface area contributed by atoms with Crippen molar-refractivity contribution in [1.82, 2.24) is 10.2 Å². The molecule has 0 aliphatic carbocycles. The number of nitrogens with zero attached hydrogens (tertiary/aromatic N) is 1. The standard InChI is InChI=1S/C19H14F2N2O5/c1-19(11-4-2-10(3-5-11)16(25)26)17(27)23(18(28)22-19)9-15(24)13-7-6-12(20)8-14(13)21/h2-8H,9H2,1H3,(H,22,28)(H,25,26). The minimum absolute atomic E-state index is 0.00272. The minimum atomic E-state index is -1.52. The van der Waals surface area contributed by atoms with E-state index >= 15 is 0 Å². The number of imide groups is 1. The largest absolute Gasteiger partial charge is 0.478 e. The fourth-order valence-electron chi connectivity index (χ4n) is 2.93. The van der Waals surface area contributed by atoms with Crippen molar-refractivity contribution in [2.45, 2.75) is 12.5 Å². The number of carboxylic acids is 1. The van der Waals surface area contributed by atoms with Crippen molar-refractivity contribution < 1.29 is 33.1 Å². The lowest BCUT2D eigenvalue weighted by Crippen LogP contribution is -2.41. The van der Waals surface area contributed by atoms with E-state index < -0.39 is 53.0 Å². The Balaban J connectivity index is 1.84. The smallest absolute Gasteiger partial charge is 0.335 e. The van der Waals surface area contributed by atoms with Crippen molar-refractivity contribution >= 4 is 23.7 Å². The maximum absolute atomic E-state index is 13.8. The van der Waals surface area contributed by atoms with Gasteiger partial charge in [0.2, 0.25) is 0 Å². The predicted molar refractivity (Wildman–Crippen MR) is 91.7 cm³/mol. The first-order valence-electron chi connectivity index (χ1n) is 8.09. The molecular weight excluding hydrogens is 374 g/mol. The van der Waals surface area contributed by atoms with Crippen LogP contribution in [0.3, 0.4) is 0 Å². The number of ketones is 1. The van der Waals surface area contributed by atoms with Gasteiger partial charge >= 0.3 is 12.0 Å². The fourth-order valence-corrected chi connectivity index (χ4v) is 2.93. The third-order valence-electron chi connectivity index (χ3n) is 4.52. The maximum Gasteiger partial charge on any atom is 0.335 e. The summed E-state index contributed by atoms with van der Waals surface area (Å²) in [4.78, 5) is 48.9. The second-order valence-electron chi connectivity index (χ2n) is 6.38. The summed E-state index contributed by atoms with van der Waals surface area (Å²) in [5, 5.41) is 11.4. The number of hydrogen-bond acceptors (Lipinski definition) is 4. The van der Waals surface area contributed by atoms with Crippen molar-refractivity contribution in [3.63, 3.8) is 0 Å². The van der Waals surface area contributed by atoms with E-state index in [4.69, 9.17) is 5.11 Å². The summed E-state index contributed by atoms with van der Waals surface area (Å²) in [6.07, 6.45) is 0. The molecule has 0 spiro atoms. The Kier molecular flexibility index (Phi) is 4.68. The lowest BCUT2D eigenvalue weighted by molar-refractivity contribution is -0.130. The van der Waals surface area contributed by atoms with Gasteiger partial charge in [0.1, 0.15) is 17.2 Å². The molecular formula is C19H14F2N2O5. The fraction of sp³-hybridized carbons (Fsp3) is 0.158. The van der Waals surface area contributed by atoms with Gasteiger partial charge < -0.3 is 10.4 Å². The van der Waals surface area contributed by atoms with Gasteiger partial charge in [-0.15, -0.1) is 0 Å². The highest BCUT2D eigenvalue weighted by Gasteiger charge is 2.49. The first kappa shape index (κ1) is 19.2. The van der Waals surface area contributed by atoms with E-state index in [1.54, 1.807) is 0 Å². The molecule has 1 fully saturated rings. The number of amides is 3. The quantitative estimate of drug-likeness (QED) is 0.604. The van der Waals surface area contributed by atoms with Crippen LogP contribution in [-0.2, 0) is 10.3 Å². The van der Waals surface area contributed by atoms with Crippen LogP contribution in [0.4, 0.5) is 13.6 Å². The average Bonchev–Trinajstić information content (AvgIpc) is 2.85. The second-order valence-corrected chi connectivity index (χ2v) is 6.38. The molecule has 28 heavy (non-hydrogen) atoms. The summed E-state index contributed by atoms with van der Waals surface area (Å²) in [5.74, 6) is -4.72. The summed E-state index contributed by atoms with van der Waals surface area (Å²) in [5.41, 5.74) is -1.64. The van der Waals surface area contributed by atoms with E-state index in [2.05, 4.69) is 5.32 Å². The highest BCUT2D eigenvalue weighted by molar-refractivity contribution is 6.11. The Bertz CT molecular complexity index is 1010. The average molecular weight is 388 g/mol. The minimum Gasteiger partial charge on any atom is -0.478 e. The Morgan fingerprint density at radius 1 is 1.11 bits per heavy atom. The van der Waals surface area contributed by atoms with Crippen LogP contribution in [0.15, 0.2) is 42.5 Å². The normalized spacial score (nSPS) is 18.9. The first-order valence-corrected chi connectivity index (χ1v) is 8.09. The van der Waals surface area contributed by atoms with Gasteiger partial charge in [-0.3, -0.25) is 14.5 Å². The van der Waals surface area contributed by atoms with Gasteiger partial charge in [0.05, 0.1) is 17.7 Å². The zero-order valence-electron chi connectivity index (χ0n) is 14.5. The molecule has 1 aliphatic rings. The molecule has 3 amide bonds. The lowest BCUT2D eigenvalue weighted by atomic mass is 9.91. The van der Waals surface area contributed by atoms with E-state index in [-0.39, 0.29) is 5.56 Å². The van der Waals surface area contributed by atoms with Crippen LogP contribution in [0, 0.1) is 11.6 Å². The molecule has 1 heterocycles. The lowest BCUT2D eigenvalue weighted by Gasteiger charge is -2.22. The number of urea groups is 1. The molecule has 1 aliphatic heterocycles. The molecule has 0 saturated carbocycles. The summed E-state index contributed by atoms with van der Waals surface area (Å²) in [7, 11) is 0. The molecule has 144 valence electrons. The Hall–Kier alpha value is -3.62. The van der Waals surface area contributed by atoms with Crippen molar-refractivity contribution in [1.29, 1.82) is 0 Å². The summed E-state index contributed by atoms with van der Waals surface area (Å²) in [6.45, 7) is 0.683. The molecule has 9 heteroatoms. The van der Waals surface area contributed by atoms with Gasteiger partial charge in [0.15, 0.2) is 5.78 Å². The van der Waals surface area contributed by atoms with Crippen molar-refractivity contribution in [2.24, 2.45) is 0 Å². The Morgan fingerprint density at radius 3 is 2.32 bits per heavy atom. The van der Waals surface area contributed by atoms with Crippen molar-refractivity contribution in [2.75, 3.05) is 6.54 Å². The Morgan fingerprint density at radius 2 is 1.75 bits per heavy atom. The number of benzene rings is 2. The number of carboxylic acid groups (broad SMARTS) is 1. The maximum atomic E-state index is 13.8. The molecule has 1 atom stereocenters. The van der Waals surface area contributed by atoms with Crippen LogP contribution in [-0.4, -0.2) is 40.2 Å². The van der Waals surface area contributed by atoms with E-state index in [1.165, 1.54) is 31.2 Å². The zero-order chi connectivity index (χ0) is 20.6. The zero-order valence-corrected chi connectivity index (χ0v) is 14.5. The molecule has 0 aromatic heterocycles. The van der Waals surface area contributed by atoms with Crippen LogP contribution in [0.25, 0.3) is 0 Å². The first-order chi connectivity index (χ1) is 13.1. The number of carbonyl (C=O) groups excluding carboxylic acids is 3. The van der Waals surface area contributed by atoms with Gasteiger partial charge in [0, 0.05) is 6.07 Å². The van der Waals surface area contributed by atoms with Crippen LogP contribution < -0.4 is 5.32 Å². The SMILES string of the molecule is CC1(c2ccc(C(=O)O)cc2)NC(=O)N(CC(=O)c2ccc(F)cc2F)C1=O. The molecule has 1 unspecified atom stereocenters. The van der Waals surface area contributed by atoms with E-state index in [1.807, 2.05) is 0 Å². The molecule has 0 radical (unpaired) electrons. The van der Waals surface area contributed by atoms with Gasteiger partial charge in [-0.1, -0.05) is 12.1 Å². The summed E-state index contributed by atoms with van der Waals surface area (Å²) >= 11 is 0. The van der Waals surface area contributed by atoms with Crippen LogP contribution >= 0.6 is 0 Å². The monoisotopic (exact) mass is 388 g/mol. The molecule has 7 nitrogen and oxygen atoms in total. The highest BCUT2D eigenvalue weighted by Crippen LogP contribution is 2.29. The van der Waals surface area contributed by atoms with Crippen LogP contribution in [0.1, 0.15) is 33.2 Å². The molecule has 2 N–H and O–H groups in total. The van der Waals surface area contributed by atoms with E-state index in [0.29, 0.717) is 16.5 Å². The number of rotatable bonds is 5. The van der Waals surface area contributed by atoms with Gasteiger partial charge in [-0.05, 0) is 36.8 Å². The van der Waals surface area contributed by atoms with Crippen molar-refractivity contribution in [3.05, 3.63) is 70.8 Å². The number of aromatic carboxylic acids is 1. The Labute approximate surface area is 157 Å². The predicted octanol–water partition coefficient (Wildman–Crippen LogP) is 2.31. The summed E-state index contributed by atoms with van der Waals surface area (Å²) in [6, 6.07) is 6.84. The molecule has 1 saturated heterocycles. The third kappa shape index (κ3) is 3.22. The summed E-state index contributed by atoms with van der Waals surface area (Å²) < 4.78 is 26.8. The van der Waals surface area contributed by atoms with Gasteiger partial charge in [0.25, 0.3) is 5.91 Å². The van der Waals surface area contributed by atoms with Gasteiger partial charge in [-0.25, -0.2) is 18.4 Å².